The fourth-order valence-electron chi connectivity index (χ4n) is 1.29. The Labute approximate surface area is 101 Å². The summed E-state index contributed by atoms with van der Waals surface area (Å²) in [6, 6.07) is 0. The predicted octanol–water partition coefficient (Wildman–Crippen LogP) is 2.17. The molecule has 5 heteroatoms. The van der Waals surface area contributed by atoms with E-state index in [1.807, 2.05) is 18.9 Å². The van der Waals surface area contributed by atoms with Crippen molar-refractivity contribution in [3.05, 3.63) is 11.6 Å². The first-order valence-electron chi connectivity index (χ1n) is 5.02. The Kier molecular flexibility index (Phi) is 4.08. The van der Waals surface area contributed by atoms with Gasteiger partial charge in [0.25, 0.3) is 0 Å². The van der Waals surface area contributed by atoms with Gasteiger partial charge < -0.3 is 4.90 Å². The van der Waals surface area contributed by atoms with E-state index in [1.54, 1.807) is 19.3 Å². The van der Waals surface area contributed by atoms with Gasteiger partial charge in [0.05, 0.1) is 0 Å². The van der Waals surface area contributed by atoms with Crippen LogP contribution in [0.4, 0.5) is 0 Å². The lowest BCUT2D eigenvalue weighted by Crippen LogP contribution is -2.28. The number of nitriles is 1. The summed E-state index contributed by atoms with van der Waals surface area (Å²) in [4.78, 5) is 9.31. The summed E-state index contributed by atoms with van der Waals surface area (Å²) in [6.45, 7) is 4.37. The number of hydrogen-bond donors (Lipinski definition) is 0. The van der Waals surface area contributed by atoms with Crippen LogP contribution in [0.25, 0.3) is 0 Å². The zero-order valence-electron chi connectivity index (χ0n) is 9.74. The van der Waals surface area contributed by atoms with Crippen LogP contribution in [-0.2, 0) is 0 Å². The second-order valence-corrected chi connectivity index (χ2v) is 4.81. The molecular formula is C11H15ClN4. The average molecular weight is 239 g/mol. The molecule has 0 N–H and O–H groups in total. The van der Waals surface area contributed by atoms with E-state index in [1.165, 1.54) is 0 Å². The molecule has 1 rings (SSSR count). The van der Waals surface area contributed by atoms with Gasteiger partial charge in [-0.1, -0.05) is 17.7 Å². The van der Waals surface area contributed by atoms with Gasteiger partial charge in [0.2, 0.25) is 6.19 Å². The van der Waals surface area contributed by atoms with E-state index in [2.05, 4.69) is 16.1 Å². The van der Waals surface area contributed by atoms with E-state index < -0.39 is 5.00 Å². The van der Waals surface area contributed by atoms with Gasteiger partial charge in [-0.25, -0.2) is 0 Å². The summed E-state index contributed by atoms with van der Waals surface area (Å²) >= 11 is 6.06. The maximum atomic E-state index is 8.44. The summed E-state index contributed by atoms with van der Waals surface area (Å²) in [6.07, 6.45) is 6.35. The van der Waals surface area contributed by atoms with Crippen LogP contribution in [0.2, 0.25) is 0 Å². The molecule has 0 fully saturated rings. The van der Waals surface area contributed by atoms with Crippen molar-refractivity contribution in [1.29, 1.82) is 5.26 Å². The minimum Gasteiger partial charge on any atom is -0.358 e. The number of likely N-dealkylation sites (N-methyl/N-ethyl adjacent to an activating group) is 1. The van der Waals surface area contributed by atoms with Crippen molar-refractivity contribution in [1.82, 2.24) is 4.90 Å². The molecule has 4 nitrogen and oxygen atoms in total. The van der Waals surface area contributed by atoms with Crippen molar-refractivity contribution in [2.24, 2.45) is 9.98 Å². The van der Waals surface area contributed by atoms with Crippen molar-refractivity contribution in [3.8, 4) is 6.19 Å². The Hall–Kier alpha value is -1.34. The molecule has 1 aliphatic rings. The largest absolute Gasteiger partial charge is 0.358 e. The molecule has 86 valence electrons. The molecule has 1 unspecified atom stereocenters. The number of dihydropyridines is 1. The molecule has 0 bridgehead atoms. The number of nitrogens with zero attached hydrogens (tertiary/aromatic N) is 4. The summed E-state index contributed by atoms with van der Waals surface area (Å²) in [5.74, 6) is 0.691. The molecule has 0 aromatic carbocycles. The fourth-order valence-corrected chi connectivity index (χ4v) is 1.42. The van der Waals surface area contributed by atoms with E-state index in [0.717, 1.165) is 12.0 Å². The van der Waals surface area contributed by atoms with Crippen LogP contribution >= 0.6 is 11.6 Å². The molecule has 0 aliphatic carbocycles. The van der Waals surface area contributed by atoms with E-state index in [9.17, 15) is 0 Å². The first kappa shape index (κ1) is 12.7. The Balaban J connectivity index is 2.59. The van der Waals surface area contributed by atoms with Gasteiger partial charge in [0.1, 0.15) is 10.8 Å². The van der Waals surface area contributed by atoms with E-state index in [-0.39, 0.29) is 0 Å². The topological polar surface area (TPSA) is 51.8 Å². The van der Waals surface area contributed by atoms with E-state index in [4.69, 9.17) is 16.9 Å². The Morgan fingerprint density at radius 3 is 3.00 bits per heavy atom. The lowest BCUT2D eigenvalue weighted by atomic mass is 10.1. The molecule has 16 heavy (non-hydrogen) atoms. The van der Waals surface area contributed by atoms with Crippen LogP contribution < -0.4 is 0 Å². The first-order chi connectivity index (χ1) is 7.44. The average Bonchev–Trinajstić information content (AvgIpc) is 2.21. The van der Waals surface area contributed by atoms with Gasteiger partial charge in [0.15, 0.2) is 0 Å². The zero-order chi connectivity index (χ0) is 12.2. The highest BCUT2D eigenvalue weighted by atomic mass is 35.5. The third-order valence-electron chi connectivity index (χ3n) is 2.42. The number of amidine groups is 1. The normalized spacial score (nSPS) is 24.9. The van der Waals surface area contributed by atoms with Crippen LogP contribution in [0.1, 0.15) is 20.3 Å². The van der Waals surface area contributed by atoms with Gasteiger partial charge in [-0.2, -0.15) is 10.3 Å². The second kappa shape index (κ2) is 5.13. The highest BCUT2D eigenvalue weighted by molar-refractivity contribution is 6.24. The molecule has 1 atom stereocenters. The van der Waals surface area contributed by atoms with Crippen molar-refractivity contribution < 1.29 is 0 Å². The molecule has 0 spiro atoms. The van der Waals surface area contributed by atoms with Crippen LogP contribution in [0.5, 0.6) is 0 Å². The van der Waals surface area contributed by atoms with Gasteiger partial charge in [-0.05, 0) is 19.4 Å². The molecular weight excluding hydrogens is 224 g/mol. The van der Waals surface area contributed by atoms with Gasteiger partial charge in [-0.3, -0.25) is 4.99 Å². The van der Waals surface area contributed by atoms with Crippen LogP contribution in [-0.4, -0.2) is 35.5 Å². The number of rotatable bonds is 2. The van der Waals surface area contributed by atoms with Crippen molar-refractivity contribution in [3.63, 3.8) is 0 Å². The number of alkyl halides is 1. The lowest BCUT2D eigenvalue weighted by Gasteiger charge is -2.23. The summed E-state index contributed by atoms with van der Waals surface area (Å²) in [5.41, 5.74) is 1.09. The highest BCUT2D eigenvalue weighted by Crippen LogP contribution is 2.25. The molecule has 0 radical (unpaired) electrons. The quantitative estimate of drug-likeness (QED) is 0.243. The second-order valence-electron chi connectivity index (χ2n) is 4.00. The molecule has 0 saturated heterocycles. The number of halogens is 1. The van der Waals surface area contributed by atoms with Crippen molar-refractivity contribution in [2.45, 2.75) is 25.3 Å². The molecule has 0 aromatic heterocycles. The maximum Gasteiger partial charge on any atom is 0.207 e. The Morgan fingerprint density at radius 1 is 1.81 bits per heavy atom. The third-order valence-corrected chi connectivity index (χ3v) is 2.67. The van der Waals surface area contributed by atoms with E-state index >= 15 is 0 Å². The number of aliphatic imine (C=N–C) groups is 2. The standard InChI is InChI=1S/C11H15ClN4/c1-9(14-8-13)16(3)7-10-4-5-11(2,12)15-6-10/h4,6H,5,7H2,1-3H3. The first-order valence-corrected chi connectivity index (χ1v) is 5.40. The minimum absolute atomic E-state index is 0.502. The van der Waals surface area contributed by atoms with Crippen LogP contribution in [0, 0.1) is 11.5 Å². The monoisotopic (exact) mass is 238 g/mol. The van der Waals surface area contributed by atoms with Gasteiger partial charge >= 0.3 is 0 Å². The predicted molar refractivity (Wildman–Crippen MR) is 66.8 cm³/mol. The zero-order valence-corrected chi connectivity index (χ0v) is 10.5. The maximum absolute atomic E-state index is 8.44. The fraction of sp³-hybridized carbons (Fsp3) is 0.545. The smallest absolute Gasteiger partial charge is 0.207 e. The molecule has 0 aromatic rings. The van der Waals surface area contributed by atoms with Gasteiger partial charge in [-0.15, -0.1) is 0 Å². The van der Waals surface area contributed by atoms with Crippen molar-refractivity contribution >= 4 is 23.7 Å². The van der Waals surface area contributed by atoms with Crippen LogP contribution in [0.15, 0.2) is 21.6 Å². The van der Waals surface area contributed by atoms with Crippen LogP contribution in [0.3, 0.4) is 0 Å². The number of hydrogen-bond acceptors (Lipinski definition) is 3. The van der Waals surface area contributed by atoms with Gasteiger partial charge in [0, 0.05) is 26.2 Å². The summed E-state index contributed by atoms with van der Waals surface area (Å²) in [5, 5.41) is 8.44. The Bertz CT molecular complexity index is 387. The van der Waals surface area contributed by atoms with Crippen molar-refractivity contribution in [2.75, 3.05) is 13.6 Å². The SMILES string of the molecule is CC(=NC#N)N(C)CC1=CCC(C)(Cl)N=C1. The molecule has 0 amide bonds. The summed E-state index contributed by atoms with van der Waals surface area (Å²) in [7, 11) is 1.89. The third kappa shape index (κ3) is 3.67. The minimum atomic E-state index is -0.502. The molecule has 1 aliphatic heterocycles. The Morgan fingerprint density at radius 2 is 2.50 bits per heavy atom. The molecule has 1 heterocycles. The lowest BCUT2D eigenvalue weighted by molar-refractivity contribution is 0.548. The van der Waals surface area contributed by atoms with E-state index in [0.29, 0.717) is 12.4 Å². The molecule has 0 saturated carbocycles. The summed E-state index contributed by atoms with van der Waals surface area (Å²) < 4.78 is 0. The highest BCUT2D eigenvalue weighted by Gasteiger charge is 2.20.